The molecule has 1 aromatic carbocycles. The lowest BCUT2D eigenvalue weighted by Gasteiger charge is -2.10. The highest BCUT2D eigenvalue weighted by atomic mass is 19.4. The van der Waals surface area contributed by atoms with E-state index in [0.29, 0.717) is 6.07 Å². The maximum absolute atomic E-state index is 12.4. The summed E-state index contributed by atoms with van der Waals surface area (Å²) in [5, 5.41) is 0. The number of alkyl halides is 3. The molecular formula is C10H8F3NO2. The van der Waals surface area contributed by atoms with Crippen LogP contribution in [0.5, 0.6) is 0 Å². The van der Waals surface area contributed by atoms with Gasteiger partial charge in [0, 0.05) is 5.69 Å². The van der Waals surface area contributed by atoms with Crippen molar-refractivity contribution in [2.24, 2.45) is 0 Å². The summed E-state index contributed by atoms with van der Waals surface area (Å²) in [5.41, 5.74) is 3.42. The van der Waals surface area contributed by atoms with Gasteiger partial charge in [0.2, 0.25) is 0 Å². The van der Waals surface area contributed by atoms with Crippen LogP contribution in [0.25, 0.3) is 0 Å². The van der Waals surface area contributed by atoms with Crippen LogP contribution >= 0.6 is 0 Å². The van der Waals surface area contributed by atoms with Gasteiger partial charge in [-0.1, -0.05) is 6.58 Å². The number of rotatable bonds is 2. The molecule has 0 spiro atoms. The van der Waals surface area contributed by atoms with E-state index < -0.39 is 23.4 Å². The number of hydrogen-bond donors (Lipinski definition) is 1. The van der Waals surface area contributed by atoms with Gasteiger partial charge in [0.1, 0.15) is 0 Å². The highest BCUT2D eigenvalue weighted by Crippen LogP contribution is 2.34. The van der Waals surface area contributed by atoms with E-state index in [0.717, 1.165) is 18.4 Å². The van der Waals surface area contributed by atoms with Gasteiger partial charge in [0.25, 0.3) is 0 Å². The van der Waals surface area contributed by atoms with Crippen LogP contribution in [0.2, 0.25) is 0 Å². The number of carbonyl (C=O) groups excluding carboxylic acids is 1. The summed E-state index contributed by atoms with van der Waals surface area (Å²) < 4.78 is 41.6. The first-order chi connectivity index (χ1) is 7.36. The van der Waals surface area contributed by atoms with Gasteiger partial charge in [-0.3, -0.25) is 0 Å². The Morgan fingerprint density at radius 3 is 2.56 bits per heavy atom. The summed E-state index contributed by atoms with van der Waals surface area (Å²) in [4.78, 5) is 11.1. The smallest absolute Gasteiger partial charge is 0.418 e. The Morgan fingerprint density at radius 2 is 2.06 bits per heavy atom. The lowest BCUT2D eigenvalue weighted by atomic mass is 10.1. The molecule has 0 saturated heterocycles. The second-order valence-corrected chi connectivity index (χ2v) is 2.87. The Bertz CT molecular complexity index is 427. The molecule has 0 unspecified atom stereocenters. The molecular weight excluding hydrogens is 223 g/mol. The zero-order chi connectivity index (χ0) is 12.3. The Balaban J connectivity index is 3.17. The van der Waals surface area contributed by atoms with Crippen molar-refractivity contribution in [3.63, 3.8) is 0 Å². The fourth-order valence-corrected chi connectivity index (χ4v) is 1.07. The molecule has 16 heavy (non-hydrogen) atoms. The van der Waals surface area contributed by atoms with Crippen LogP contribution in [0, 0.1) is 0 Å². The molecule has 0 aliphatic carbocycles. The molecule has 2 N–H and O–H groups in total. The van der Waals surface area contributed by atoms with Gasteiger partial charge >= 0.3 is 12.1 Å². The predicted molar refractivity (Wildman–Crippen MR) is 51.5 cm³/mol. The molecule has 0 aromatic heterocycles. The summed E-state index contributed by atoms with van der Waals surface area (Å²) in [6.45, 7) is 3.12. The zero-order valence-electron chi connectivity index (χ0n) is 8.04. The van der Waals surface area contributed by atoms with Gasteiger partial charge in [-0.15, -0.1) is 0 Å². The van der Waals surface area contributed by atoms with E-state index in [2.05, 4.69) is 11.3 Å². The summed E-state index contributed by atoms with van der Waals surface area (Å²) in [6, 6.07) is 2.79. The number of nitrogens with two attached hydrogens (primary N) is 1. The van der Waals surface area contributed by atoms with E-state index in [1.807, 2.05) is 0 Å². The molecule has 0 atom stereocenters. The van der Waals surface area contributed by atoms with Gasteiger partial charge in [-0.25, -0.2) is 4.79 Å². The van der Waals surface area contributed by atoms with Crippen LogP contribution in [0.1, 0.15) is 15.9 Å². The van der Waals surface area contributed by atoms with Crippen molar-refractivity contribution in [1.29, 1.82) is 0 Å². The second kappa shape index (κ2) is 4.26. The number of esters is 1. The summed E-state index contributed by atoms with van der Waals surface area (Å²) in [7, 11) is 0. The van der Waals surface area contributed by atoms with Crippen LogP contribution in [-0.4, -0.2) is 5.97 Å². The molecule has 0 fully saturated rings. The molecule has 0 aliphatic rings. The zero-order valence-corrected chi connectivity index (χ0v) is 8.04. The quantitative estimate of drug-likeness (QED) is 0.483. The number of benzene rings is 1. The topological polar surface area (TPSA) is 52.3 Å². The van der Waals surface area contributed by atoms with Gasteiger partial charge in [0.05, 0.1) is 17.4 Å². The monoisotopic (exact) mass is 231 g/mol. The first-order valence-electron chi connectivity index (χ1n) is 4.15. The highest BCUT2D eigenvalue weighted by Gasteiger charge is 2.33. The average Bonchev–Trinajstić information content (AvgIpc) is 2.16. The number of ether oxygens (including phenoxy) is 1. The Morgan fingerprint density at radius 1 is 1.44 bits per heavy atom. The molecule has 0 radical (unpaired) electrons. The Kier molecular flexibility index (Phi) is 3.22. The highest BCUT2D eigenvalue weighted by molar-refractivity contribution is 5.90. The molecule has 1 aromatic rings. The number of hydrogen-bond acceptors (Lipinski definition) is 3. The summed E-state index contributed by atoms with van der Waals surface area (Å²) in [6.07, 6.45) is -3.76. The number of halogens is 3. The third-order valence-electron chi connectivity index (χ3n) is 1.78. The molecule has 0 amide bonds. The van der Waals surface area contributed by atoms with Crippen molar-refractivity contribution in [1.82, 2.24) is 0 Å². The van der Waals surface area contributed by atoms with Gasteiger partial charge in [-0.05, 0) is 18.2 Å². The van der Waals surface area contributed by atoms with E-state index in [4.69, 9.17) is 5.73 Å². The molecule has 0 heterocycles. The Labute approximate surface area is 89.3 Å². The molecule has 0 saturated carbocycles. The lowest BCUT2D eigenvalue weighted by Crippen LogP contribution is -2.11. The minimum absolute atomic E-state index is 0.235. The second-order valence-electron chi connectivity index (χ2n) is 2.87. The van der Waals surface area contributed by atoms with E-state index in [1.54, 1.807) is 0 Å². The van der Waals surface area contributed by atoms with Crippen molar-refractivity contribution in [2.45, 2.75) is 6.18 Å². The standard InChI is InChI=1S/C10H8F3NO2/c1-2-16-9(15)6-3-4-8(14)7(5-6)10(11,12)13/h2-5H,1,14H2. The van der Waals surface area contributed by atoms with Crippen molar-refractivity contribution >= 4 is 11.7 Å². The van der Waals surface area contributed by atoms with Crippen molar-refractivity contribution in [3.8, 4) is 0 Å². The average molecular weight is 231 g/mol. The summed E-state index contributed by atoms with van der Waals surface area (Å²) >= 11 is 0. The third kappa shape index (κ3) is 2.53. The minimum atomic E-state index is -4.60. The molecule has 6 heteroatoms. The molecule has 0 bridgehead atoms. The maximum Gasteiger partial charge on any atom is 0.418 e. The van der Waals surface area contributed by atoms with Crippen LogP contribution in [-0.2, 0) is 10.9 Å². The number of carbonyl (C=O) groups is 1. The number of nitrogen functional groups attached to an aromatic ring is 1. The van der Waals surface area contributed by atoms with Gasteiger partial charge in [-0.2, -0.15) is 13.2 Å². The normalized spacial score (nSPS) is 10.9. The van der Waals surface area contributed by atoms with E-state index in [1.165, 1.54) is 0 Å². The molecule has 3 nitrogen and oxygen atoms in total. The fourth-order valence-electron chi connectivity index (χ4n) is 1.07. The first-order valence-corrected chi connectivity index (χ1v) is 4.15. The predicted octanol–water partition coefficient (Wildman–Crippen LogP) is 2.59. The van der Waals surface area contributed by atoms with Gasteiger partial charge < -0.3 is 10.5 Å². The fraction of sp³-hybridized carbons (Fsp3) is 0.100. The van der Waals surface area contributed by atoms with E-state index >= 15 is 0 Å². The van der Waals surface area contributed by atoms with E-state index in [-0.39, 0.29) is 5.56 Å². The molecule has 86 valence electrons. The first kappa shape index (κ1) is 12.1. The van der Waals surface area contributed by atoms with Crippen molar-refractivity contribution < 1.29 is 22.7 Å². The van der Waals surface area contributed by atoms with Crippen molar-refractivity contribution in [2.75, 3.05) is 5.73 Å². The number of anilines is 1. The van der Waals surface area contributed by atoms with E-state index in [9.17, 15) is 18.0 Å². The van der Waals surface area contributed by atoms with Crippen LogP contribution in [0.15, 0.2) is 31.0 Å². The molecule has 0 aliphatic heterocycles. The SMILES string of the molecule is C=COC(=O)c1ccc(N)c(C(F)(F)F)c1. The van der Waals surface area contributed by atoms with Crippen molar-refractivity contribution in [3.05, 3.63) is 42.2 Å². The van der Waals surface area contributed by atoms with Crippen LogP contribution < -0.4 is 5.73 Å². The van der Waals surface area contributed by atoms with Crippen LogP contribution in [0.3, 0.4) is 0 Å². The van der Waals surface area contributed by atoms with Crippen LogP contribution in [0.4, 0.5) is 18.9 Å². The molecule has 1 rings (SSSR count). The largest absolute Gasteiger partial charge is 0.432 e. The summed E-state index contributed by atoms with van der Waals surface area (Å²) in [5.74, 6) is -0.916. The van der Waals surface area contributed by atoms with Gasteiger partial charge in [0.15, 0.2) is 0 Å². The minimum Gasteiger partial charge on any atom is -0.432 e. The maximum atomic E-state index is 12.4. The lowest BCUT2D eigenvalue weighted by molar-refractivity contribution is -0.136. The third-order valence-corrected chi connectivity index (χ3v) is 1.78. The Hall–Kier alpha value is -1.98.